The number of hydrogen-bond donors (Lipinski definition) is 2. The van der Waals surface area contributed by atoms with Crippen molar-refractivity contribution in [3.05, 3.63) is 59.4 Å². The summed E-state index contributed by atoms with van der Waals surface area (Å²) in [5, 5.41) is 7.51. The number of anilines is 1. The second-order valence-electron chi connectivity index (χ2n) is 8.04. The molecule has 30 heavy (non-hydrogen) atoms. The molecule has 1 fully saturated rings. The summed E-state index contributed by atoms with van der Waals surface area (Å²) < 4.78 is 28.7. The average Bonchev–Trinajstić information content (AvgIpc) is 3.30. The Morgan fingerprint density at radius 3 is 2.47 bits per heavy atom. The van der Waals surface area contributed by atoms with E-state index in [1.165, 1.54) is 6.26 Å². The Bertz CT molecular complexity index is 1190. The molecule has 0 saturated heterocycles. The van der Waals surface area contributed by atoms with Gasteiger partial charge in [0.25, 0.3) is 0 Å². The number of nitrogens with two attached hydrogens (primary N) is 1. The lowest BCUT2D eigenvalue weighted by atomic mass is 10.1. The maximum absolute atomic E-state index is 12.5. The Labute approximate surface area is 177 Å². The van der Waals surface area contributed by atoms with Crippen molar-refractivity contribution in [2.24, 2.45) is 12.8 Å². The zero-order chi connectivity index (χ0) is 21.5. The fourth-order valence-corrected chi connectivity index (χ4v) is 5.58. The zero-order valence-electron chi connectivity index (χ0n) is 17.3. The number of benzene rings is 2. The number of sulfonamides is 1. The molecular weight excluding hydrogens is 398 g/mol. The number of rotatable bonds is 6. The molecule has 0 amide bonds. The van der Waals surface area contributed by atoms with Crippen molar-refractivity contribution in [1.82, 2.24) is 9.55 Å². The van der Waals surface area contributed by atoms with Gasteiger partial charge in [-0.25, -0.2) is 13.4 Å². The Morgan fingerprint density at radius 2 is 1.87 bits per heavy atom. The summed E-state index contributed by atoms with van der Waals surface area (Å²) in [6.45, 7) is 0. The third-order valence-corrected chi connectivity index (χ3v) is 7.08. The van der Waals surface area contributed by atoms with E-state index in [1.54, 1.807) is 4.31 Å². The number of hydrogen-bond acceptors (Lipinski definition) is 4. The van der Waals surface area contributed by atoms with Crippen LogP contribution in [0.2, 0.25) is 0 Å². The van der Waals surface area contributed by atoms with Gasteiger partial charge in [-0.1, -0.05) is 37.1 Å². The largest absolute Gasteiger partial charge is 0.384 e. The molecular formula is C22H27N5O2S. The van der Waals surface area contributed by atoms with Crippen molar-refractivity contribution in [3.63, 3.8) is 0 Å². The summed E-state index contributed by atoms with van der Waals surface area (Å²) in [7, 11) is -1.39. The predicted molar refractivity (Wildman–Crippen MR) is 121 cm³/mol. The minimum absolute atomic E-state index is 0.0282. The topological polar surface area (TPSA) is 105 Å². The highest BCUT2D eigenvalue weighted by atomic mass is 32.2. The summed E-state index contributed by atoms with van der Waals surface area (Å²) >= 11 is 0. The molecule has 158 valence electrons. The average molecular weight is 426 g/mol. The summed E-state index contributed by atoms with van der Waals surface area (Å²) in [6.07, 6.45) is 5.84. The highest BCUT2D eigenvalue weighted by molar-refractivity contribution is 7.92. The highest BCUT2D eigenvalue weighted by Gasteiger charge is 2.30. The van der Waals surface area contributed by atoms with E-state index < -0.39 is 10.0 Å². The first-order valence-electron chi connectivity index (χ1n) is 10.1. The van der Waals surface area contributed by atoms with Crippen molar-refractivity contribution in [1.29, 1.82) is 5.41 Å². The fourth-order valence-electron chi connectivity index (χ4n) is 4.33. The van der Waals surface area contributed by atoms with Gasteiger partial charge in [0.1, 0.15) is 11.7 Å². The van der Waals surface area contributed by atoms with Crippen LogP contribution < -0.4 is 10.0 Å². The first kappa shape index (κ1) is 20.4. The molecule has 0 atom stereocenters. The molecule has 1 saturated carbocycles. The van der Waals surface area contributed by atoms with Crippen LogP contribution in [-0.2, 0) is 23.5 Å². The van der Waals surface area contributed by atoms with E-state index in [0.717, 1.165) is 48.1 Å². The van der Waals surface area contributed by atoms with Gasteiger partial charge in [0.05, 0.1) is 23.0 Å². The number of aromatic nitrogens is 2. The maximum atomic E-state index is 12.5. The Balaban J connectivity index is 1.67. The van der Waals surface area contributed by atoms with Gasteiger partial charge in [-0.05, 0) is 36.6 Å². The molecule has 7 nitrogen and oxygen atoms in total. The number of nitrogens with one attached hydrogen (secondary N) is 1. The molecule has 0 unspecified atom stereocenters. The summed E-state index contributed by atoms with van der Waals surface area (Å²) in [5.41, 5.74) is 9.74. The van der Waals surface area contributed by atoms with Crippen molar-refractivity contribution in [2.45, 2.75) is 38.1 Å². The minimum atomic E-state index is -3.36. The molecule has 0 spiro atoms. The van der Waals surface area contributed by atoms with Crippen LogP contribution in [0.15, 0.2) is 42.5 Å². The molecule has 1 heterocycles. The molecule has 3 aromatic rings. The van der Waals surface area contributed by atoms with Gasteiger partial charge in [0.2, 0.25) is 10.0 Å². The van der Waals surface area contributed by atoms with E-state index in [4.69, 9.17) is 16.1 Å². The van der Waals surface area contributed by atoms with E-state index >= 15 is 0 Å². The molecule has 1 aromatic heterocycles. The lowest BCUT2D eigenvalue weighted by Gasteiger charge is -2.28. The van der Waals surface area contributed by atoms with E-state index in [1.807, 2.05) is 54.1 Å². The van der Waals surface area contributed by atoms with Gasteiger partial charge in [-0.2, -0.15) is 0 Å². The van der Waals surface area contributed by atoms with E-state index in [0.29, 0.717) is 17.7 Å². The lowest BCUT2D eigenvalue weighted by Crippen LogP contribution is -2.38. The van der Waals surface area contributed by atoms with E-state index in [-0.39, 0.29) is 11.9 Å². The molecule has 2 aromatic carbocycles. The van der Waals surface area contributed by atoms with Gasteiger partial charge >= 0.3 is 0 Å². The quantitative estimate of drug-likeness (QED) is 0.467. The molecule has 3 N–H and O–H groups in total. The smallest absolute Gasteiger partial charge is 0.232 e. The minimum Gasteiger partial charge on any atom is -0.384 e. The third-order valence-electron chi connectivity index (χ3n) is 5.85. The number of imidazole rings is 1. The van der Waals surface area contributed by atoms with Gasteiger partial charge in [-0.15, -0.1) is 0 Å². The molecule has 1 aliphatic carbocycles. The van der Waals surface area contributed by atoms with Crippen LogP contribution >= 0.6 is 0 Å². The standard InChI is InChI=1S/C22H27N5O2S/c1-26-20-12-11-18(27(30(2,28)29)17-5-3-4-6-17)14-19(20)25-21(26)13-15-7-9-16(10-8-15)22(23)24/h7-12,14,17H,3-6,13H2,1-2H3,(H3,23,24). The molecule has 1 aliphatic rings. The van der Waals surface area contributed by atoms with Crippen molar-refractivity contribution < 1.29 is 8.42 Å². The summed E-state index contributed by atoms with van der Waals surface area (Å²) in [4.78, 5) is 4.79. The SMILES string of the molecule is Cn1c(Cc2ccc(C(=N)N)cc2)nc2cc(N(C3CCCC3)S(C)(=O)=O)ccc21. The van der Waals surface area contributed by atoms with Gasteiger partial charge in [0, 0.05) is 25.1 Å². The number of fused-ring (bicyclic) bond motifs is 1. The Morgan fingerprint density at radius 1 is 1.20 bits per heavy atom. The number of aryl methyl sites for hydroxylation is 1. The van der Waals surface area contributed by atoms with Crippen LogP contribution in [0.5, 0.6) is 0 Å². The van der Waals surface area contributed by atoms with Crippen LogP contribution in [-0.4, -0.2) is 36.1 Å². The van der Waals surface area contributed by atoms with Crippen molar-refractivity contribution >= 4 is 32.6 Å². The van der Waals surface area contributed by atoms with Crippen LogP contribution in [0.25, 0.3) is 11.0 Å². The zero-order valence-corrected chi connectivity index (χ0v) is 18.1. The van der Waals surface area contributed by atoms with Crippen LogP contribution in [0.3, 0.4) is 0 Å². The van der Waals surface area contributed by atoms with E-state index in [9.17, 15) is 8.42 Å². The van der Waals surface area contributed by atoms with Gasteiger partial charge in [0.15, 0.2) is 0 Å². The van der Waals surface area contributed by atoms with Crippen molar-refractivity contribution in [3.8, 4) is 0 Å². The second-order valence-corrected chi connectivity index (χ2v) is 9.90. The number of amidine groups is 1. The van der Waals surface area contributed by atoms with E-state index in [2.05, 4.69) is 0 Å². The van der Waals surface area contributed by atoms with Crippen LogP contribution in [0.4, 0.5) is 5.69 Å². The Kier molecular flexibility index (Phi) is 5.27. The molecule has 8 heteroatoms. The number of nitrogen functional groups attached to an aromatic ring is 1. The maximum Gasteiger partial charge on any atom is 0.232 e. The second kappa shape index (κ2) is 7.75. The van der Waals surface area contributed by atoms with Crippen LogP contribution in [0, 0.1) is 5.41 Å². The van der Waals surface area contributed by atoms with Crippen LogP contribution in [0.1, 0.15) is 42.6 Å². The van der Waals surface area contributed by atoms with Gasteiger partial charge < -0.3 is 10.3 Å². The number of nitrogens with zero attached hydrogens (tertiary/aromatic N) is 3. The van der Waals surface area contributed by atoms with Crippen molar-refractivity contribution in [2.75, 3.05) is 10.6 Å². The highest BCUT2D eigenvalue weighted by Crippen LogP contribution is 2.32. The summed E-state index contributed by atoms with van der Waals surface area (Å²) in [5.74, 6) is 0.944. The molecule has 0 aliphatic heterocycles. The first-order chi connectivity index (χ1) is 14.2. The predicted octanol–water partition coefficient (Wildman–Crippen LogP) is 3.16. The third kappa shape index (κ3) is 3.92. The lowest BCUT2D eigenvalue weighted by molar-refractivity contribution is 0.580. The summed E-state index contributed by atoms with van der Waals surface area (Å²) in [6, 6.07) is 13.3. The normalized spacial score (nSPS) is 15.0. The molecule has 0 bridgehead atoms. The van der Waals surface area contributed by atoms with Gasteiger partial charge in [-0.3, -0.25) is 9.71 Å². The fraction of sp³-hybridized carbons (Fsp3) is 0.364. The first-order valence-corrected chi connectivity index (χ1v) is 12.0. The monoisotopic (exact) mass is 425 g/mol. The Hall–Kier alpha value is -2.87. The molecule has 4 rings (SSSR count). The molecule has 0 radical (unpaired) electrons.